The van der Waals surface area contributed by atoms with Gasteiger partial charge >= 0.3 is 11.2 Å². The average Bonchev–Trinajstić information content (AvgIpc) is 3.11. The van der Waals surface area contributed by atoms with Crippen LogP contribution in [0.4, 0.5) is 10.7 Å². The topological polar surface area (TPSA) is 120 Å². The summed E-state index contributed by atoms with van der Waals surface area (Å²) in [5.41, 5.74) is 7.43. The zero-order valence-electron chi connectivity index (χ0n) is 16.1. The largest absolute Gasteiger partial charge is 0.464 e. The zero-order chi connectivity index (χ0) is 20.9. The summed E-state index contributed by atoms with van der Waals surface area (Å²) in [7, 11) is -0.701. The number of nitrogens with zero attached hydrogens (tertiary/aromatic N) is 3. The second kappa shape index (κ2) is 7.07. The predicted molar refractivity (Wildman–Crippen MR) is 112 cm³/mol. The van der Waals surface area contributed by atoms with Gasteiger partial charge in [0.25, 0.3) is 5.56 Å². The molecule has 0 aliphatic carbocycles. The number of carbonyl (C=O) groups excluding carboxylic acids is 1. The van der Waals surface area contributed by atoms with Crippen molar-refractivity contribution in [2.45, 2.75) is 37.6 Å². The molecule has 1 aromatic carbocycles. The van der Waals surface area contributed by atoms with Crippen LogP contribution in [-0.4, -0.2) is 36.2 Å². The lowest BCUT2D eigenvalue weighted by atomic mass is 10.0. The van der Waals surface area contributed by atoms with Gasteiger partial charge in [-0.2, -0.15) is 0 Å². The van der Waals surface area contributed by atoms with Crippen molar-refractivity contribution in [3.63, 3.8) is 0 Å². The third-order valence-electron chi connectivity index (χ3n) is 5.18. The maximum absolute atomic E-state index is 13.1. The molecule has 2 unspecified atom stereocenters. The van der Waals surface area contributed by atoms with Crippen LogP contribution in [0.5, 0.6) is 0 Å². The molecule has 1 aliphatic heterocycles. The van der Waals surface area contributed by atoms with E-state index in [1.54, 1.807) is 17.6 Å². The number of anilines is 1. The van der Waals surface area contributed by atoms with Crippen molar-refractivity contribution in [1.29, 1.82) is 0 Å². The number of aromatic nitrogens is 3. The molecule has 0 fully saturated rings. The van der Waals surface area contributed by atoms with Crippen molar-refractivity contribution in [2.75, 3.05) is 11.5 Å². The van der Waals surface area contributed by atoms with Crippen molar-refractivity contribution < 1.29 is 14.7 Å². The van der Waals surface area contributed by atoms with Crippen LogP contribution in [0.15, 0.2) is 40.0 Å². The molecule has 3 heterocycles. The Labute approximate surface area is 169 Å². The van der Waals surface area contributed by atoms with E-state index in [-0.39, 0.29) is 23.3 Å². The smallest absolute Gasteiger partial charge is 0.418 e. The van der Waals surface area contributed by atoms with Crippen LogP contribution < -0.4 is 11.3 Å². The number of hydrogen-bond donors (Lipinski definition) is 2. The Balaban J connectivity index is 1.93. The third kappa shape index (κ3) is 2.93. The van der Waals surface area contributed by atoms with E-state index < -0.39 is 28.5 Å². The van der Waals surface area contributed by atoms with Gasteiger partial charge in [0, 0.05) is 6.07 Å². The first-order chi connectivity index (χ1) is 13.8. The number of nitrogens with two attached hydrogens (primary N) is 1. The van der Waals surface area contributed by atoms with Crippen LogP contribution in [0.3, 0.4) is 0 Å². The highest BCUT2D eigenvalue weighted by molar-refractivity contribution is 8.11. The molecule has 0 spiro atoms. The molecule has 4 rings (SSSR count). The highest BCUT2D eigenvalue weighted by Crippen LogP contribution is 2.36. The molecular formula is C20H21N4O4S+. The number of nitrogen functional groups attached to an aromatic ring is 1. The van der Waals surface area contributed by atoms with Gasteiger partial charge < -0.3 is 15.4 Å². The molecule has 29 heavy (non-hydrogen) atoms. The summed E-state index contributed by atoms with van der Waals surface area (Å²) in [6.45, 7) is 3.73. The standard InChI is InChI=1S/C20H20N4O4S/c1-3-8-29-15-9-12(10-23-14-7-5-4-6-13(14)22-19(23)21)24(20(27)28)17(25)16(15)11(2)18(29)26/h4-7,9,11H,3,8,10H2,1-2H3,(H2-,21,22,27,28)/p+1. The number of imidazole rings is 1. The van der Waals surface area contributed by atoms with E-state index in [2.05, 4.69) is 4.98 Å². The van der Waals surface area contributed by atoms with Crippen molar-refractivity contribution >= 4 is 39.1 Å². The van der Waals surface area contributed by atoms with Crippen molar-refractivity contribution in [3.8, 4) is 0 Å². The Bertz CT molecular complexity index is 1210. The highest BCUT2D eigenvalue weighted by Gasteiger charge is 2.49. The minimum Gasteiger partial charge on any atom is -0.464 e. The van der Waals surface area contributed by atoms with Gasteiger partial charge in [-0.25, -0.2) is 19.1 Å². The van der Waals surface area contributed by atoms with E-state index in [0.29, 0.717) is 21.7 Å². The molecule has 0 amide bonds. The predicted octanol–water partition coefficient (Wildman–Crippen LogP) is 2.39. The number of hydrogen-bond acceptors (Lipinski definition) is 5. The van der Waals surface area contributed by atoms with Gasteiger partial charge in [0.05, 0.1) is 39.7 Å². The minimum absolute atomic E-state index is 0.000586. The van der Waals surface area contributed by atoms with E-state index in [0.717, 1.165) is 16.5 Å². The number of pyridine rings is 1. The van der Waals surface area contributed by atoms with Gasteiger partial charge in [-0.3, -0.25) is 4.79 Å². The highest BCUT2D eigenvalue weighted by atomic mass is 32.2. The van der Waals surface area contributed by atoms with E-state index >= 15 is 0 Å². The van der Waals surface area contributed by atoms with E-state index in [1.165, 1.54) is 0 Å². The summed E-state index contributed by atoms with van der Waals surface area (Å²) in [5.74, 6) is 0.293. The summed E-state index contributed by atoms with van der Waals surface area (Å²) < 4.78 is 2.41. The van der Waals surface area contributed by atoms with Crippen LogP contribution in [0.2, 0.25) is 0 Å². The van der Waals surface area contributed by atoms with Gasteiger partial charge in [0.2, 0.25) is 5.95 Å². The van der Waals surface area contributed by atoms with E-state index in [1.807, 2.05) is 31.2 Å². The molecule has 0 saturated carbocycles. The zero-order valence-corrected chi connectivity index (χ0v) is 16.9. The first kappa shape index (κ1) is 19.3. The molecule has 2 atom stereocenters. The normalized spacial score (nSPS) is 18.3. The molecule has 0 radical (unpaired) electrons. The van der Waals surface area contributed by atoms with Crippen LogP contribution in [0.1, 0.15) is 37.4 Å². The first-order valence-corrected chi connectivity index (χ1v) is 10.7. The number of carbonyl (C=O) groups is 2. The number of para-hydroxylation sites is 2. The number of carboxylic acid groups (broad SMARTS) is 1. The second-order valence-electron chi connectivity index (χ2n) is 7.02. The Morgan fingerprint density at radius 1 is 1.31 bits per heavy atom. The molecule has 0 bridgehead atoms. The van der Waals surface area contributed by atoms with Crippen LogP contribution in [0, 0.1) is 0 Å². The molecule has 8 nitrogen and oxygen atoms in total. The Morgan fingerprint density at radius 2 is 2.03 bits per heavy atom. The van der Waals surface area contributed by atoms with Crippen molar-refractivity contribution in [2.24, 2.45) is 0 Å². The number of fused-ring (bicyclic) bond motifs is 2. The SMILES string of the molecule is CCC[S+]1C(=O)C(C)c2c1cc(Cn1c(N)nc3ccccc31)n(C(=O)O)c2=O. The molecule has 3 N–H and O–H groups in total. The lowest BCUT2D eigenvalue weighted by Gasteiger charge is -2.13. The molecule has 150 valence electrons. The summed E-state index contributed by atoms with van der Waals surface area (Å²) in [6, 6.07) is 9.02. The molecule has 3 aromatic rings. The Kier molecular flexibility index (Phi) is 4.70. The van der Waals surface area contributed by atoms with Crippen molar-refractivity contribution in [3.05, 3.63) is 51.9 Å². The fourth-order valence-electron chi connectivity index (χ4n) is 3.86. The van der Waals surface area contributed by atoms with Crippen LogP contribution >= 0.6 is 0 Å². The van der Waals surface area contributed by atoms with Gasteiger partial charge in [-0.15, -0.1) is 0 Å². The number of benzene rings is 1. The third-order valence-corrected chi connectivity index (χ3v) is 7.71. The fourth-order valence-corrected chi connectivity index (χ4v) is 6.25. The second-order valence-corrected chi connectivity index (χ2v) is 9.05. The molecule has 2 aromatic heterocycles. The minimum atomic E-state index is -1.38. The van der Waals surface area contributed by atoms with Crippen LogP contribution in [-0.2, 0) is 22.2 Å². The van der Waals surface area contributed by atoms with Gasteiger partial charge in [0.1, 0.15) is 11.7 Å². The molecule has 1 aliphatic rings. The van der Waals surface area contributed by atoms with Gasteiger partial charge in [-0.1, -0.05) is 19.1 Å². The number of rotatable bonds is 4. The lowest BCUT2D eigenvalue weighted by molar-refractivity contribution is -0.112. The van der Waals surface area contributed by atoms with E-state index in [4.69, 9.17) is 5.73 Å². The molecular weight excluding hydrogens is 392 g/mol. The van der Waals surface area contributed by atoms with Gasteiger partial charge in [-0.05, 0) is 25.5 Å². The van der Waals surface area contributed by atoms with E-state index in [9.17, 15) is 19.5 Å². The van der Waals surface area contributed by atoms with Gasteiger partial charge in [0.15, 0.2) is 4.90 Å². The fraction of sp³-hybridized carbons (Fsp3) is 0.300. The summed E-state index contributed by atoms with van der Waals surface area (Å²) in [6.07, 6.45) is -0.574. The van der Waals surface area contributed by atoms with Crippen molar-refractivity contribution in [1.82, 2.24) is 14.1 Å². The lowest BCUT2D eigenvalue weighted by Crippen LogP contribution is -2.33. The van der Waals surface area contributed by atoms with Crippen LogP contribution in [0.25, 0.3) is 11.0 Å². The summed E-state index contributed by atoms with van der Waals surface area (Å²) in [5, 5.41) is 9.74. The molecule has 0 saturated heterocycles. The Hall–Kier alpha value is -3.07. The Morgan fingerprint density at radius 3 is 2.72 bits per heavy atom. The summed E-state index contributed by atoms with van der Waals surface area (Å²) in [4.78, 5) is 42.7. The molecule has 9 heteroatoms. The first-order valence-electron chi connectivity index (χ1n) is 9.32. The average molecular weight is 413 g/mol. The maximum atomic E-state index is 13.1. The quantitative estimate of drug-likeness (QED) is 0.634. The summed E-state index contributed by atoms with van der Waals surface area (Å²) >= 11 is 0. The monoisotopic (exact) mass is 413 g/mol. The maximum Gasteiger partial charge on any atom is 0.418 e.